The van der Waals surface area contributed by atoms with E-state index in [9.17, 15) is 0 Å². The SMILES string of the molecule is CCCCCCCC[SiH2][Si](OCC)(OCC)OCC. The lowest BCUT2D eigenvalue weighted by atomic mass is 10.1. The molecule has 0 amide bonds. The van der Waals surface area contributed by atoms with Crippen LogP contribution in [-0.2, 0) is 13.3 Å². The molecule has 0 saturated heterocycles. The van der Waals surface area contributed by atoms with Crippen LogP contribution in [0.3, 0.4) is 0 Å². The van der Waals surface area contributed by atoms with Crippen LogP contribution in [0.5, 0.6) is 0 Å². The van der Waals surface area contributed by atoms with Crippen LogP contribution in [-0.4, -0.2) is 37.2 Å². The molecule has 19 heavy (non-hydrogen) atoms. The Balaban J connectivity index is 3.89. The summed E-state index contributed by atoms with van der Waals surface area (Å²) >= 11 is 0. The van der Waals surface area contributed by atoms with Gasteiger partial charge in [0.25, 0.3) is 0 Å². The first-order chi connectivity index (χ1) is 9.24. The van der Waals surface area contributed by atoms with Gasteiger partial charge in [0, 0.05) is 19.8 Å². The van der Waals surface area contributed by atoms with Crippen molar-refractivity contribution in [3.8, 4) is 0 Å². The molecule has 0 aliphatic rings. The Morgan fingerprint density at radius 3 is 1.63 bits per heavy atom. The second-order valence-electron chi connectivity index (χ2n) is 4.85. The molecule has 0 unspecified atom stereocenters. The molecule has 0 fully saturated rings. The topological polar surface area (TPSA) is 27.7 Å². The van der Waals surface area contributed by atoms with Gasteiger partial charge in [-0.25, -0.2) is 0 Å². The van der Waals surface area contributed by atoms with Crippen LogP contribution in [0.25, 0.3) is 0 Å². The van der Waals surface area contributed by atoms with Gasteiger partial charge in [-0.1, -0.05) is 51.5 Å². The Kier molecular flexibility index (Phi) is 13.5. The lowest BCUT2D eigenvalue weighted by molar-refractivity contribution is 0.0928. The maximum Gasteiger partial charge on any atom is 0.462 e. The highest BCUT2D eigenvalue weighted by molar-refractivity contribution is 7.14. The summed E-state index contributed by atoms with van der Waals surface area (Å²) in [7, 11) is -2.61. The summed E-state index contributed by atoms with van der Waals surface area (Å²) in [4.78, 5) is 0. The minimum Gasteiger partial charge on any atom is -0.377 e. The number of rotatable bonds is 14. The van der Waals surface area contributed by atoms with Crippen molar-refractivity contribution in [2.45, 2.75) is 72.3 Å². The molecule has 0 bridgehead atoms. The van der Waals surface area contributed by atoms with Crippen molar-refractivity contribution in [1.82, 2.24) is 0 Å². The molecular weight excluding hydrogens is 272 g/mol. The van der Waals surface area contributed by atoms with Gasteiger partial charge in [0.15, 0.2) is 0 Å². The summed E-state index contributed by atoms with van der Waals surface area (Å²) < 4.78 is 17.7. The summed E-state index contributed by atoms with van der Waals surface area (Å²) in [6.45, 7) is 10.5. The molecule has 3 nitrogen and oxygen atoms in total. The van der Waals surface area contributed by atoms with Crippen molar-refractivity contribution >= 4 is 17.4 Å². The zero-order chi connectivity index (χ0) is 14.4. The van der Waals surface area contributed by atoms with Crippen molar-refractivity contribution in [1.29, 1.82) is 0 Å². The number of unbranched alkanes of at least 4 members (excludes halogenated alkanes) is 5. The molecule has 0 aromatic carbocycles. The van der Waals surface area contributed by atoms with Crippen LogP contribution in [0.1, 0.15) is 66.2 Å². The standard InChI is InChI=1S/C14H34O3Si2/c1-5-9-10-11-12-13-14-18-19(15-6-2,16-7-3)17-8-4/h5-14,18H2,1-4H3. The molecule has 0 aromatic rings. The fraction of sp³-hybridized carbons (Fsp3) is 1.00. The lowest BCUT2D eigenvalue weighted by Gasteiger charge is -2.28. The molecule has 0 N–H and O–H groups in total. The minimum absolute atomic E-state index is 0.382. The van der Waals surface area contributed by atoms with E-state index in [-0.39, 0.29) is 9.04 Å². The Morgan fingerprint density at radius 1 is 0.684 bits per heavy atom. The van der Waals surface area contributed by atoms with E-state index in [1.165, 1.54) is 44.6 Å². The van der Waals surface area contributed by atoms with Crippen LogP contribution in [0.15, 0.2) is 0 Å². The molecule has 0 aromatic heterocycles. The zero-order valence-corrected chi connectivity index (χ0v) is 15.9. The lowest BCUT2D eigenvalue weighted by Crippen LogP contribution is -2.52. The fourth-order valence-electron chi connectivity index (χ4n) is 2.30. The average molecular weight is 307 g/mol. The second kappa shape index (κ2) is 13.3. The summed E-state index contributed by atoms with van der Waals surface area (Å²) in [5.74, 6) is 0. The molecule has 0 rings (SSSR count). The quantitative estimate of drug-likeness (QED) is 0.363. The van der Waals surface area contributed by atoms with E-state index in [1.54, 1.807) is 0 Å². The molecule has 0 heterocycles. The van der Waals surface area contributed by atoms with E-state index in [2.05, 4.69) is 6.92 Å². The van der Waals surface area contributed by atoms with E-state index in [0.29, 0.717) is 0 Å². The van der Waals surface area contributed by atoms with Gasteiger partial charge in [-0.15, -0.1) is 0 Å². The van der Waals surface area contributed by atoms with Gasteiger partial charge in [0.05, 0.1) is 0 Å². The van der Waals surface area contributed by atoms with Gasteiger partial charge in [-0.2, -0.15) is 0 Å². The Hall–Kier alpha value is 0.314. The van der Waals surface area contributed by atoms with E-state index < -0.39 is 8.32 Å². The van der Waals surface area contributed by atoms with Crippen molar-refractivity contribution in [2.75, 3.05) is 19.8 Å². The van der Waals surface area contributed by atoms with E-state index in [4.69, 9.17) is 13.3 Å². The van der Waals surface area contributed by atoms with Gasteiger partial charge in [0.1, 0.15) is 9.04 Å². The third-order valence-electron chi connectivity index (χ3n) is 3.18. The van der Waals surface area contributed by atoms with E-state index in [0.717, 1.165) is 19.8 Å². The van der Waals surface area contributed by atoms with Crippen molar-refractivity contribution in [2.24, 2.45) is 0 Å². The third-order valence-corrected chi connectivity index (χ3v) is 11.6. The van der Waals surface area contributed by atoms with Crippen molar-refractivity contribution < 1.29 is 13.3 Å². The predicted octanol–water partition coefficient (Wildman–Crippen LogP) is 3.48. The third kappa shape index (κ3) is 9.79. The predicted molar refractivity (Wildman–Crippen MR) is 87.4 cm³/mol. The van der Waals surface area contributed by atoms with Gasteiger partial charge in [-0.3, -0.25) is 0 Å². The highest BCUT2D eigenvalue weighted by Gasteiger charge is 2.38. The van der Waals surface area contributed by atoms with Gasteiger partial charge in [0.2, 0.25) is 0 Å². The van der Waals surface area contributed by atoms with E-state index in [1.807, 2.05) is 20.8 Å². The molecule has 0 atom stereocenters. The largest absolute Gasteiger partial charge is 0.462 e. The summed E-state index contributed by atoms with van der Waals surface area (Å²) in [6.07, 6.45) is 8.17. The molecule has 0 spiro atoms. The number of hydrogen-bond acceptors (Lipinski definition) is 3. The summed E-state index contributed by atoms with van der Waals surface area (Å²) in [5.41, 5.74) is 0. The maximum atomic E-state index is 5.91. The number of hydrogen-bond donors (Lipinski definition) is 0. The Labute approximate surface area is 123 Å². The molecule has 0 aliphatic heterocycles. The smallest absolute Gasteiger partial charge is 0.377 e. The monoisotopic (exact) mass is 306 g/mol. The minimum atomic E-state index is -2.23. The highest BCUT2D eigenvalue weighted by Crippen LogP contribution is 2.13. The second-order valence-corrected chi connectivity index (χ2v) is 12.4. The first-order valence-electron chi connectivity index (χ1n) is 8.16. The average Bonchev–Trinajstić information content (AvgIpc) is 2.39. The van der Waals surface area contributed by atoms with Crippen LogP contribution in [0.2, 0.25) is 6.04 Å². The van der Waals surface area contributed by atoms with Gasteiger partial charge in [-0.05, 0) is 20.8 Å². The fourth-order valence-corrected chi connectivity index (χ4v) is 10.5. The van der Waals surface area contributed by atoms with Crippen molar-refractivity contribution in [3.63, 3.8) is 0 Å². The van der Waals surface area contributed by atoms with E-state index >= 15 is 0 Å². The first-order valence-corrected chi connectivity index (χ1v) is 13.2. The highest BCUT2D eigenvalue weighted by atomic mass is 29.2. The normalized spacial score (nSPS) is 12.6. The van der Waals surface area contributed by atoms with Gasteiger partial charge < -0.3 is 13.3 Å². The summed E-state index contributed by atoms with van der Waals surface area (Å²) in [5, 5.41) is 0. The van der Waals surface area contributed by atoms with Crippen molar-refractivity contribution in [3.05, 3.63) is 0 Å². The van der Waals surface area contributed by atoms with Crippen LogP contribution in [0.4, 0.5) is 0 Å². The molecule has 0 radical (unpaired) electrons. The first kappa shape index (κ1) is 19.3. The molecule has 0 saturated carbocycles. The van der Waals surface area contributed by atoms with Crippen LogP contribution >= 0.6 is 0 Å². The molecule has 116 valence electrons. The Bertz CT molecular complexity index is 175. The zero-order valence-electron chi connectivity index (χ0n) is 13.5. The molecule has 5 heteroatoms. The maximum absolute atomic E-state index is 5.91. The van der Waals surface area contributed by atoms with Gasteiger partial charge >= 0.3 is 8.32 Å². The van der Waals surface area contributed by atoms with Crippen LogP contribution in [0, 0.1) is 0 Å². The summed E-state index contributed by atoms with van der Waals surface area (Å²) in [6, 6.07) is 1.30. The Morgan fingerprint density at radius 2 is 1.16 bits per heavy atom. The molecular formula is C14H34O3Si2. The van der Waals surface area contributed by atoms with Crippen LogP contribution < -0.4 is 0 Å². The molecule has 0 aliphatic carbocycles.